The quantitative estimate of drug-likeness (QED) is 0.509. The summed E-state index contributed by atoms with van der Waals surface area (Å²) in [4.78, 5) is 12.3. The summed E-state index contributed by atoms with van der Waals surface area (Å²) in [6.07, 6.45) is 5.35. The average Bonchev–Trinajstić information content (AvgIpc) is 3.37. The SMILES string of the molecule is Cc1nn(-c2ccc(F)cc2)c(C)c1-c1nc2c(cnn2Cc2cccnc2)[nH]1. The molecule has 144 valence electrons. The molecule has 0 unspecified atom stereocenters. The van der Waals surface area contributed by atoms with E-state index in [-0.39, 0.29) is 5.82 Å². The zero-order valence-electron chi connectivity index (χ0n) is 16.0. The van der Waals surface area contributed by atoms with Crippen molar-refractivity contribution in [2.24, 2.45) is 0 Å². The molecule has 0 fully saturated rings. The molecule has 0 aliphatic heterocycles. The van der Waals surface area contributed by atoms with E-state index in [2.05, 4.69) is 20.2 Å². The highest BCUT2D eigenvalue weighted by molar-refractivity contribution is 5.77. The van der Waals surface area contributed by atoms with Gasteiger partial charge in [0, 0.05) is 12.4 Å². The van der Waals surface area contributed by atoms with Gasteiger partial charge in [-0.15, -0.1) is 0 Å². The number of fused-ring (bicyclic) bond motifs is 1. The van der Waals surface area contributed by atoms with E-state index in [1.54, 1.807) is 29.2 Å². The Morgan fingerprint density at radius 1 is 1.07 bits per heavy atom. The minimum Gasteiger partial charge on any atom is -0.335 e. The number of aromatic amines is 1. The van der Waals surface area contributed by atoms with Crippen molar-refractivity contribution >= 4 is 11.2 Å². The summed E-state index contributed by atoms with van der Waals surface area (Å²) < 4.78 is 16.9. The van der Waals surface area contributed by atoms with E-state index in [1.165, 1.54) is 12.1 Å². The van der Waals surface area contributed by atoms with Crippen molar-refractivity contribution in [1.82, 2.24) is 34.5 Å². The lowest BCUT2D eigenvalue weighted by Crippen LogP contribution is -2.02. The second kappa shape index (κ2) is 6.66. The Labute approximate surface area is 165 Å². The summed E-state index contributed by atoms with van der Waals surface area (Å²) in [5.41, 5.74) is 6.19. The van der Waals surface area contributed by atoms with Gasteiger partial charge in [0.2, 0.25) is 0 Å². The fraction of sp³-hybridized carbons (Fsp3) is 0.143. The van der Waals surface area contributed by atoms with E-state index >= 15 is 0 Å². The van der Waals surface area contributed by atoms with Gasteiger partial charge in [-0.05, 0) is 49.7 Å². The van der Waals surface area contributed by atoms with Gasteiger partial charge in [0.15, 0.2) is 5.65 Å². The van der Waals surface area contributed by atoms with Crippen LogP contribution in [-0.4, -0.2) is 34.5 Å². The lowest BCUT2D eigenvalue weighted by molar-refractivity contribution is 0.627. The second-order valence-corrected chi connectivity index (χ2v) is 6.92. The maximum Gasteiger partial charge on any atom is 0.177 e. The minimum absolute atomic E-state index is 0.272. The summed E-state index contributed by atoms with van der Waals surface area (Å²) in [6, 6.07) is 10.2. The first-order valence-electron chi connectivity index (χ1n) is 9.23. The first-order valence-corrected chi connectivity index (χ1v) is 9.23. The van der Waals surface area contributed by atoms with Crippen LogP contribution in [0.25, 0.3) is 28.2 Å². The molecule has 5 aromatic rings. The molecule has 0 aliphatic carbocycles. The van der Waals surface area contributed by atoms with Crippen LogP contribution in [0.4, 0.5) is 4.39 Å². The molecule has 0 radical (unpaired) electrons. The third-order valence-electron chi connectivity index (χ3n) is 4.94. The highest BCUT2D eigenvalue weighted by Crippen LogP contribution is 2.28. The molecule has 0 spiro atoms. The first kappa shape index (κ1) is 17.3. The molecule has 0 aliphatic rings. The highest BCUT2D eigenvalue weighted by atomic mass is 19.1. The van der Waals surface area contributed by atoms with Crippen molar-refractivity contribution in [2.45, 2.75) is 20.4 Å². The van der Waals surface area contributed by atoms with Gasteiger partial charge in [-0.3, -0.25) is 4.98 Å². The predicted molar refractivity (Wildman–Crippen MR) is 107 cm³/mol. The van der Waals surface area contributed by atoms with E-state index in [0.29, 0.717) is 6.54 Å². The molecule has 1 N–H and O–H groups in total. The molecule has 0 saturated heterocycles. The van der Waals surface area contributed by atoms with Crippen molar-refractivity contribution in [3.63, 3.8) is 0 Å². The Kier molecular flexibility index (Phi) is 3.97. The number of benzene rings is 1. The maximum absolute atomic E-state index is 13.3. The summed E-state index contributed by atoms with van der Waals surface area (Å²) in [5.74, 6) is 0.464. The number of nitrogens with zero attached hydrogens (tertiary/aromatic N) is 6. The number of hydrogen-bond acceptors (Lipinski definition) is 4. The van der Waals surface area contributed by atoms with Crippen molar-refractivity contribution in [3.05, 3.63) is 77.8 Å². The highest BCUT2D eigenvalue weighted by Gasteiger charge is 2.19. The van der Waals surface area contributed by atoms with Crippen LogP contribution >= 0.6 is 0 Å². The molecule has 0 saturated carbocycles. The van der Waals surface area contributed by atoms with Gasteiger partial charge >= 0.3 is 0 Å². The zero-order chi connectivity index (χ0) is 20.0. The Bertz CT molecular complexity index is 1300. The fourth-order valence-corrected chi connectivity index (χ4v) is 3.56. The smallest absolute Gasteiger partial charge is 0.177 e. The van der Waals surface area contributed by atoms with Gasteiger partial charge in [-0.2, -0.15) is 10.2 Å². The van der Waals surface area contributed by atoms with Crippen LogP contribution in [0.1, 0.15) is 17.0 Å². The fourth-order valence-electron chi connectivity index (χ4n) is 3.56. The average molecular weight is 387 g/mol. The number of hydrogen-bond donors (Lipinski definition) is 1. The Morgan fingerprint density at radius 3 is 2.66 bits per heavy atom. The number of aromatic nitrogens is 7. The van der Waals surface area contributed by atoms with Crippen LogP contribution in [-0.2, 0) is 6.54 Å². The summed E-state index contributed by atoms with van der Waals surface area (Å²) >= 11 is 0. The molecule has 0 bridgehead atoms. The van der Waals surface area contributed by atoms with Crippen LogP contribution in [0, 0.1) is 19.7 Å². The molecule has 5 rings (SSSR count). The van der Waals surface area contributed by atoms with Crippen molar-refractivity contribution in [1.29, 1.82) is 0 Å². The molecular formula is C21H18FN7. The van der Waals surface area contributed by atoms with E-state index in [9.17, 15) is 4.39 Å². The molecule has 4 aromatic heterocycles. The van der Waals surface area contributed by atoms with Gasteiger partial charge in [0.25, 0.3) is 0 Å². The second-order valence-electron chi connectivity index (χ2n) is 6.92. The molecular weight excluding hydrogens is 369 g/mol. The summed E-state index contributed by atoms with van der Waals surface area (Å²) in [6.45, 7) is 4.51. The number of pyridine rings is 1. The monoisotopic (exact) mass is 387 g/mol. The van der Waals surface area contributed by atoms with Gasteiger partial charge in [0.05, 0.1) is 35.4 Å². The lowest BCUT2D eigenvalue weighted by atomic mass is 10.2. The standard InChI is InChI=1S/C21H18FN7/c1-13-19(14(2)29(27-13)17-7-5-16(22)6-8-17)20-25-18-11-24-28(21(18)26-20)12-15-4-3-9-23-10-15/h3-11H,12H2,1-2H3,(H,25,26). The molecule has 0 amide bonds. The molecule has 4 heterocycles. The van der Waals surface area contributed by atoms with Crippen LogP contribution in [0.15, 0.2) is 55.0 Å². The number of halogens is 1. The van der Waals surface area contributed by atoms with Gasteiger partial charge < -0.3 is 4.98 Å². The Balaban J connectivity index is 1.55. The predicted octanol–water partition coefficient (Wildman–Crippen LogP) is 3.81. The Morgan fingerprint density at radius 2 is 1.90 bits per heavy atom. The van der Waals surface area contributed by atoms with Gasteiger partial charge in [0.1, 0.15) is 17.2 Å². The zero-order valence-corrected chi connectivity index (χ0v) is 16.0. The molecule has 1 aromatic carbocycles. The van der Waals surface area contributed by atoms with E-state index in [0.717, 1.165) is 45.2 Å². The maximum atomic E-state index is 13.3. The molecule has 29 heavy (non-hydrogen) atoms. The third-order valence-corrected chi connectivity index (χ3v) is 4.94. The first-order chi connectivity index (χ1) is 14.1. The largest absolute Gasteiger partial charge is 0.335 e. The van der Waals surface area contributed by atoms with Crippen LogP contribution in [0.2, 0.25) is 0 Å². The summed E-state index contributed by atoms with van der Waals surface area (Å²) in [5, 5.41) is 9.06. The normalized spacial score (nSPS) is 11.4. The minimum atomic E-state index is -0.272. The van der Waals surface area contributed by atoms with Crippen molar-refractivity contribution < 1.29 is 4.39 Å². The topological polar surface area (TPSA) is 77.2 Å². The molecule has 0 atom stereocenters. The van der Waals surface area contributed by atoms with Gasteiger partial charge in [-0.25, -0.2) is 18.7 Å². The van der Waals surface area contributed by atoms with E-state index in [4.69, 9.17) is 4.98 Å². The number of aryl methyl sites for hydroxylation is 1. The van der Waals surface area contributed by atoms with E-state index < -0.39 is 0 Å². The van der Waals surface area contributed by atoms with E-state index in [1.807, 2.05) is 36.9 Å². The number of H-pyrrole nitrogens is 1. The van der Waals surface area contributed by atoms with Crippen molar-refractivity contribution in [2.75, 3.05) is 0 Å². The molecule has 7 nitrogen and oxygen atoms in total. The third kappa shape index (κ3) is 2.98. The van der Waals surface area contributed by atoms with Gasteiger partial charge in [-0.1, -0.05) is 6.07 Å². The van der Waals surface area contributed by atoms with Crippen LogP contribution in [0.3, 0.4) is 0 Å². The van der Waals surface area contributed by atoms with Crippen LogP contribution < -0.4 is 0 Å². The summed E-state index contributed by atoms with van der Waals surface area (Å²) in [7, 11) is 0. The van der Waals surface area contributed by atoms with Crippen LogP contribution in [0.5, 0.6) is 0 Å². The molecule has 8 heteroatoms. The lowest BCUT2D eigenvalue weighted by Gasteiger charge is -2.04. The number of imidazole rings is 1. The number of nitrogens with one attached hydrogen (secondary N) is 1. The Hall–Kier alpha value is -3.81. The van der Waals surface area contributed by atoms with Crippen molar-refractivity contribution in [3.8, 4) is 17.1 Å². The number of rotatable bonds is 4.